The van der Waals surface area contributed by atoms with Gasteiger partial charge in [-0.25, -0.2) is 14.6 Å². The zero-order valence-corrected chi connectivity index (χ0v) is 15.0. The molecule has 0 aliphatic carbocycles. The van der Waals surface area contributed by atoms with Gasteiger partial charge in [-0.15, -0.1) is 0 Å². The van der Waals surface area contributed by atoms with Crippen LogP contribution in [0.1, 0.15) is 26.3 Å². The topological polar surface area (TPSA) is 132 Å². The second-order valence-corrected chi connectivity index (χ2v) is 6.77. The molecule has 3 rings (SSSR count). The summed E-state index contributed by atoms with van der Waals surface area (Å²) < 4.78 is 0. The summed E-state index contributed by atoms with van der Waals surface area (Å²) in [6, 6.07) is 9.24. The number of fused-ring (bicyclic) bond motifs is 1. The Labute approximate surface area is 157 Å². The minimum absolute atomic E-state index is 0.0263. The first-order valence-corrected chi connectivity index (χ1v) is 8.81. The van der Waals surface area contributed by atoms with Crippen molar-refractivity contribution in [3.63, 3.8) is 0 Å². The largest absolute Gasteiger partial charge is 0.478 e. The van der Waals surface area contributed by atoms with Gasteiger partial charge in [-0.2, -0.15) is 0 Å². The zero-order chi connectivity index (χ0) is 19.6. The predicted molar refractivity (Wildman–Crippen MR) is 101 cm³/mol. The Balaban J connectivity index is 1.69. The highest BCUT2D eigenvalue weighted by Gasteiger charge is 2.13. The van der Waals surface area contributed by atoms with Gasteiger partial charge in [0.15, 0.2) is 5.16 Å². The van der Waals surface area contributed by atoms with E-state index < -0.39 is 17.8 Å². The molecular formula is C18H15N3O5S. The number of carbonyl (C=O) groups is 3. The number of aromatic nitrogens is 2. The molecular weight excluding hydrogens is 370 g/mol. The SMILES string of the molecule is Cc1ccc2nc(SCC(=O)Nc3cc(C(=O)O)cc(C(=O)O)c3)[nH]c2c1. The van der Waals surface area contributed by atoms with E-state index >= 15 is 0 Å². The van der Waals surface area contributed by atoms with Gasteiger partial charge in [0.25, 0.3) is 0 Å². The van der Waals surface area contributed by atoms with E-state index in [1.807, 2.05) is 25.1 Å². The fraction of sp³-hybridized carbons (Fsp3) is 0.111. The van der Waals surface area contributed by atoms with Crippen molar-refractivity contribution in [1.82, 2.24) is 9.97 Å². The Morgan fingerprint density at radius 2 is 1.74 bits per heavy atom. The molecule has 2 aromatic carbocycles. The summed E-state index contributed by atoms with van der Waals surface area (Å²) in [6.45, 7) is 1.97. The number of nitrogens with one attached hydrogen (secondary N) is 2. The number of H-pyrrole nitrogens is 1. The average Bonchev–Trinajstić information content (AvgIpc) is 3.01. The number of nitrogens with zero attached hydrogens (tertiary/aromatic N) is 1. The molecule has 8 nitrogen and oxygen atoms in total. The maximum absolute atomic E-state index is 12.1. The molecule has 4 N–H and O–H groups in total. The third-order valence-electron chi connectivity index (χ3n) is 3.67. The molecule has 0 unspecified atom stereocenters. The van der Waals surface area contributed by atoms with Crippen LogP contribution in [0.15, 0.2) is 41.6 Å². The monoisotopic (exact) mass is 385 g/mol. The van der Waals surface area contributed by atoms with Crippen molar-refractivity contribution in [2.45, 2.75) is 12.1 Å². The van der Waals surface area contributed by atoms with Gasteiger partial charge in [0.1, 0.15) is 0 Å². The number of amides is 1. The summed E-state index contributed by atoms with van der Waals surface area (Å²) in [5.74, 6) is -2.94. The summed E-state index contributed by atoms with van der Waals surface area (Å²) in [6.07, 6.45) is 0. The second-order valence-electron chi connectivity index (χ2n) is 5.81. The molecule has 0 atom stereocenters. The Kier molecular flexibility index (Phi) is 5.13. The van der Waals surface area contributed by atoms with Crippen LogP contribution in [0.2, 0.25) is 0 Å². The number of aromatic amines is 1. The summed E-state index contributed by atoms with van der Waals surface area (Å²) in [5, 5.41) is 21.2. The molecule has 1 amide bonds. The fourth-order valence-corrected chi connectivity index (χ4v) is 3.13. The molecule has 1 aromatic heterocycles. The molecule has 0 aliphatic rings. The number of rotatable bonds is 6. The number of imidazole rings is 1. The van der Waals surface area contributed by atoms with Gasteiger partial charge in [0.2, 0.25) is 5.91 Å². The van der Waals surface area contributed by atoms with Crippen LogP contribution in [0, 0.1) is 6.92 Å². The molecule has 0 fully saturated rings. The number of aryl methyl sites for hydroxylation is 1. The van der Waals surface area contributed by atoms with Gasteiger partial charge in [0, 0.05) is 5.69 Å². The van der Waals surface area contributed by atoms with Crippen molar-refractivity contribution in [2.75, 3.05) is 11.1 Å². The maximum Gasteiger partial charge on any atom is 0.335 e. The third-order valence-corrected chi connectivity index (χ3v) is 4.54. The minimum atomic E-state index is -1.28. The third kappa shape index (κ3) is 4.45. The van der Waals surface area contributed by atoms with E-state index in [2.05, 4.69) is 15.3 Å². The van der Waals surface area contributed by atoms with Gasteiger partial charge in [0.05, 0.1) is 27.9 Å². The summed E-state index contributed by atoms with van der Waals surface area (Å²) >= 11 is 1.19. The number of carboxylic acid groups (broad SMARTS) is 2. The van der Waals surface area contributed by atoms with Crippen molar-refractivity contribution in [3.05, 3.63) is 53.1 Å². The van der Waals surface area contributed by atoms with Gasteiger partial charge < -0.3 is 20.5 Å². The molecule has 0 bridgehead atoms. The molecule has 0 aliphatic heterocycles. The lowest BCUT2D eigenvalue weighted by molar-refractivity contribution is -0.113. The highest BCUT2D eigenvalue weighted by molar-refractivity contribution is 7.99. The van der Waals surface area contributed by atoms with E-state index in [-0.39, 0.29) is 22.6 Å². The molecule has 138 valence electrons. The van der Waals surface area contributed by atoms with E-state index in [1.54, 1.807) is 0 Å². The van der Waals surface area contributed by atoms with Crippen LogP contribution in [-0.2, 0) is 4.79 Å². The Morgan fingerprint density at radius 1 is 1.07 bits per heavy atom. The van der Waals surface area contributed by atoms with Crippen LogP contribution < -0.4 is 5.32 Å². The number of aromatic carboxylic acids is 2. The molecule has 0 saturated carbocycles. The Morgan fingerprint density at radius 3 is 2.37 bits per heavy atom. The summed E-state index contributed by atoms with van der Waals surface area (Å²) in [4.78, 5) is 41.9. The maximum atomic E-state index is 12.1. The lowest BCUT2D eigenvalue weighted by atomic mass is 10.1. The summed E-state index contributed by atoms with van der Waals surface area (Å²) in [5.41, 5.74) is 2.43. The van der Waals surface area contributed by atoms with Crippen LogP contribution in [0.3, 0.4) is 0 Å². The highest BCUT2D eigenvalue weighted by Crippen LogP contribution is 2.21. The fourth-order valence-electron chi connectivity index (χ4n) is 2.45. The molecule has 27 heavy (non-hydrogen) atoms. The number of carboxylic acids is 2. The first-order valence-electron chi connectivity index (χ1n) is 7.82. The van der Waals surface area contributed by atoms with Crippen LogP contribution in [-0.4, -0.2) is 43.8 Å². The number of carbonyl (C=O) groups excluding carboxylic acids is 1. The normalized spacial score (nSPS) is 10.7. The lowest BCUT2D eigenvalue weighted by Crippen LogP contribution is -2.15. The lowest BCUT2D eigenvalue weighted by Gasteiger charge is -2.07. The highest BCUT2D eigenvalue weighted by atomic mass is 32.2. The van der Waals surface area contributed by atoms with Crippen LogP contribution >= 0.6 is 11.8 Å². The van der Waals surface area contributed by atoms with Crippen molar-refractivity contribution in [1.29, 1.82) is 0 Å². The van der Waals surface area contributed by atoms with E-state index in [4.69, 9.17) is 10.2 Å². The first kappa shape index (κ1) is 18.5. The number of benzene rings is 2. The molecule has 1 heterocycles. The van der Waals surface area contributed by atoms with Crippen LogP contribution in [0.4, 0.5) is 5.69 Å². The minimum Gasteiger partial charge on any atom is -0.478 e. The van der Waals surface area contributed by atoms with Crippen molar-refractivity contribution >= 4 is 46.3 Å². The van der Waals surface area contributed by atoms with Crippen molar-refractivity contribution < 1.29 is 24.6 Å². The second kappa shape index (κ2) is 7.50. The van der Waals surface area contributed by atoms with Crippen molar-refractivity contribution in [3.8, 4) is 0 Å². The number of hydrogen-bond donors (Lipinski definition) is 4. The molecule has 0 saturated heterocycles. The standard InChI is InChI=1S/C18H15N3O5S/c1-9-2-3-13-14(4-9)21-18(20-13)27-8-15(22)19-12-6-10(16(23)24)5-11(7-12)17(25)26/h2-7H,8H2,1H3,(H,19,22)(H,20,21)(H,23,24)(H,25,26). The number of hydrogen-bond acceptors (Lipinski definition) is 5. The smallest absolute Gasteiger partial charge is 0.335 e. The van der Waals surface area contributed by atoms with Gasteiger partial charge in [-0.1, -0.05) is 17.8 Å². The zero-order valence-electron chi connectivity index (χ0n) is 14.1. The average molecular weight is 385 g/mol. The van der Waals surface area contributed by atoms with Crippen molar-refractivity contribution in [2.24, 2.45) is 0 Å². The molecule has 9 heteroatoms. The van der Waals surface area contributed by atoms with E-state index in [9.17, 15) is 14.4 Å². The molecule has 3 aromatic rings. The quantitative estimate of drug-likeness (QED) is 0.479. The van der Waals surface area contributed by atoms with Crippen LogP contribution in [0.25, 0.3) is 11.0 Å². The van der Waals surface area contributed by atoms with Gasteiger partial charge in [-0.3, -0.25) is 4.79 Å². The van der Waals surface area contributed by atoms with E-state index in [0.29, 0.717) is 5.16 Å². The number of anilines is 1. The van der Waals surface area contributed by atoms with E-state index in [0.717, 1.165) is 22.7 Å². The Hall–Kier alpha value is -3.33. The molecule has 0 spiro atoms. The Bertz CT molecular complexity index is 1030. The summed E-state index contributed by atoms with van der Waals surface area (Å²) in [7, 11) is 0. The first-order chi connectivity index (χ1) is 12.8. The van der Waals surface area contributed by atoms with Crippen LogP contribution in [0.5, 0.6) is 0 Å². The van der Waals surface area contributed by atoms with Gasteiger partial charge >= 0.3 is 11.9 Å². The van der Waals surface area contributed by atoms with Gasteiger partial charge in [-0.05, 0) is 42.8 Å². The predicted octanol–water partition coefficient (Wildman–Crippen LogP) is 3.00. The molecule has 0 radical (unpaired) electrons. The van der Waals surface area contributed by atoms with E-state index in [1.165, 1.54) is 23.9 Å². The number of thioether (sulfide) groups is 1.